The van der Waals surface area contributed by atoms with Gasteiger partial charge in [-0.05, 0) is 18.2 Å². The third-order valence-corrected chi connectivity index (χ3v) is 3.35. The van der Waals surface area contributed by atoms with E-state index in [9.17, 15) is 13.2 Å². The van der Waals surface area contributed by atoms with Crippen LogP contribution in [0, 0.1) is 0 Å². The molecule has 0 aliphatic rings. The Morgan fingerprint density at radius 3 is 2.89 bits per heavy atom. The fourth-order valence-electron chi connectivity index (χ4n) is 1.39. The summed E-state index contributed by atoms with van der Waals surface area (Å²) in [6, 6.07) is 5.32. The van der Waals surface area contributed by atoms with E-state index in [1.165, 1.54) is 11.3 Å². The Kier molecular flexibility index (Phi) is 4.49. The minimum atomic E-state index is -4.29. The molecule has 0 atom stereocenters. The SMILES string of the molecule is FC(F)(F)COCCNc1nc2ccc(Cl)cc2s1. The monoisotopic (exact) mass is 310 g/mol. The topological polar surface area (TPSA) is 34.1 Å². The van der Waals surface area contributed by atoms with E-state index in [0.717, 1.165) is 10.2 Å². The number of rotatable bonds is 5. The molecule has 1 N–H and O–H groups in total. The highest BCUT2D eigenvalue weighted by atomic mass is 35.5. The Balaban J connectivity index is 1.82. The molecule has 0 radical (unpaired) electrons. The zero-order valence-corrected chi connectivity index (χ0v) is 11.2. The van der Waals surface area contributed by atoms with Crippen molar-refractivity contribution in [3.63, 3.8) is 0 Å². The molecule has 8 heteroatoms. The second-order valence-corrected chi connectivity index (χ2v) is 5.19. The van der Waals surface area contributed by atoms with Gasteiger partial charge < -0.3 is 10.1 Å². The number of aromatic nitrogens is 1. The molecule has 2 rings (SSSR count). The predicted octanol–water partition coefficient (Wildman–Crippen LogP) is 3.94. The second kappa shape index (κ2) is 5.94. The summed E-state index contributed by atoms with van der Waals surface area (Å²) in [7, 11) is 0. The highest BCUT2D eigenvalue weighted by molar-refractivity contribution is 7.22. The first-order chi connectivity index (χ1) is 8.94. The van der Waals surface area contributed by atoms with Gasteiger partial charge in [0, 0.05) is 11.6 Å². The van der Waals surface area contributed by atoms with Gasteiger partial charge >= 0.3 is 6.18 Å². The fourth-order valence-corrected chi connectivity index (χ4v) is 2.56. The molecular weight excluding hydrogens is 301 g/mol. The van der Waals surface area contributed by atoms with E-state index in [4.69, 9.17) is 11.6 Å². The summed E-state index contributed by atoms with van der Waals surface area (Å²) in [5, 5.41) is 4.17. The van der Waals surface area contributed by atoms with Gasteiger partial charge in [0.2, 0.25) is 0 Å². The number of anilines is 1. The van der Waals surface area contributed by atoms with E-state index in [2.05, 4.69) is 15.0 Å². The van der Waals surface area contributed by atoms with Crippen LogP contribution in [0.15, 0.2) is 18.2 Å². The van der Waals surface area contributed by atoms with Gasteiger partial charge in [0.25, 0.3) is 0 Å². The maximum Gasteiger partial charge on any atom is 0.411 e. The minimum Gasteiger partial charge on any atom is -0.370 e. The van der Waals surface area contributed by atoms with Crippen LogP contribution in [0.2, 0.25) is 5.02 Å². The van der Waals surface area contributed by atoms with E-state index in [1.807, 2.05) is 0 Å². The molecule has 0 saturated carbocycles. The Morgan fingerprint density at radius 1 is 1.37 bits per heavy atom. The highest BCUT2D eigenvalue weighted by Crippen LogP contribution is 2.28. The lowest BCUT2D eigenvalue weighted by molar-refractivity contribution is -0.172. The van der Waals surface area contributed by atoms with Gasteiger partial charge in [-0.25, -0.2) is 4.98 Å². The molecule has 3 nitrogen and oxygen atoms in total. The standard InChI is InChI=1S/C11H10ClF3N2OS/c12-7-1-2-8-9(5-7)19-10(17-8)16-3-4-18-6-11(13,14)15/h1-2,5H,3-4,6H2,(H,16,17). The van der Waals surface area contributed by atoms with Crippen LogP contribution in [0.1, 0.15) is 0 Å². The number of fused-ring (bicyclic) bond motifs is 1. The number of nitrogens with one attached hydrogen (secondary N) is 1. The Morgan fingerprint density at radius 2 is 2.16 bits per heavy atom. The summed E-state index contributed by atoms with van der Waals surface area (Å²) in [4.78, 5) is 4.27. The van der Waals surface area contributed by atoms with E-state index >= 15 is 0 Å². The average molecular weight is 311 g/mol. The predicted molar refractivity (Wildman–Crippen MR) is 70.0 cm³/mol. The molecule has 0 spiro atoms. The molecule has 0 amide bonds. The molecule has 0 aliphatic heterocycles. The summed E-state index contributed by atoms with van der Waals surface area (Å²) in [5.74, 6) is 0. The maximum atomic E-state index is 11.8. The van der Waals surface area contributed by atoms with Crippen LogP contribution in [0.3, 0.4) is 0 Å². The number of alkyl halides is 3. The molecule has 19 heavy (non-hydrogen) atoms. The number of hydrogen-bond donors (Lipinski definition) is 1. The van der Waals surface area contributed by atoms with Crippen molar-refractivity contribution in [2.45, 2.75) is 6.18 Å². The molecule has 1 aromatic heterocycles. The summed E-state index contributed by atoms with van der Waals surface area (Å²) >= 11 is 7.24. The summed E-state index contributed by atoms with van der Waals surface area (Å²) < 4.78 is 40.8. The molecule has 0 bridgehead atoms. The third-order valence-electron chi connectivity index (χ3n) is 2.14. The number of thiazole rings is 1. The normalized spacial score (nSPS) is 12.0. The lowest BCUT2D eigenvalue weighted by atomic mass is 10.3. The molecule has 0 fully saturated rings. The number of ether oxygens (including phenoxy) is 1. The van der Waals surface area contributed by atoms with Crippen molar-refractivity contribution in [3.05, 3.63) is 23.2 Å². The van der Waals surface area contributed by atoms with Crippen LogP contribution in [-0.2, 0) is 4.74 Å². The summed E-state index contributed by atoms with van der Waals surface area (Å²) in [6.45, 7) is -0.996. The Hall–Kier alpha value is -1.05. The highest BCUT2D eigenvalue weighted by Gasteiger charge is 2.27. The molecule has 0 saturated heterocycles. The van der Waals surface area contributed by atoms with E-state index in [-0.39, 0.29) is 13.2 Å². The molecule has 1 aromatic carbocycles. The van der Waals surface area contributed by atoms with Crippen molar-refractivity contribution in [1.82, 2.24) is 4.98 Å². The zero-order chi connectivity index (χ0) is 13.9. The zero-order valence-electron chi connectivity index (χ0n) is 9.63. The smallest absolute Gasteiger partial charge is 0.370 e. The average Bonchev–Trinajstić information content (AvgIpc) is 2.68. The van der Waals surface area contributed by atoms with E-state index in [0.29, 0.717) is 10.2 Å². The van der Waals surface area contributed by atoms with Gasteiger partial charge in [0.15, 0.2) is 5.13 Å². The quantitative estimate of drug-likeness (QED) is 0.849. The van der Waals surface area contributed by atoms with Crippen LogP contribution in [-0.4, -0.2) is 30.9 Å². The lowest BCUT2D eigenvalue weighted by Crippen LogP contribution is -2.20. The van der Waals surface area contributed by atoms with E-state index < -0.39 is 12.8 Å². The first kappa shape index (κ1) is 14.4. The Labute approximate surface area is 116 Å². The first-order valence-electron chi connectivity index (χ1n) is 5.38. The summed E-state index contributed by atoms with van der Waals surface area (Å²) in [6.07, 6.45) is -4.29. The van der Waals surface area contributed by atoms with Crippen LogP contribution in [0.4, 0.5) is 18.3 Å². The van der Waals surface area contributed by atoms with Crippen molar-refractivity contribution in [3.8, 4) is 0 Å². The molecule has 1 heterocycles. The first-order valence-corrected chi connectivity index (χ1v) is 6.58. The Bertz CT molecular complexity index is 558. The lowest BCUT2D eigenvalue weighted by Gasteiger charge is -2.07. The van der Waals surface area contributed by atoms with Crippen molar-refractivity contribution < 1.29 is 17.9 Å². The number of halogens is 4. The van der Waals surface area contributed by atoms with Gasteiger partial charge in [0.1, 0.15) is 6.61 Å². The molecule has 0 unspecified atom stereocenters. The van der Waals surface area contributed by atoms with Crippen molar-refractivity contribution >= 4 is 38.3 Å². The van der Waals surface area contributed by atoms with Gasteiger partial charge in [0.05, 0.1) is 16.8 Å². The minimum absolute atomic E-state index is 0.0316. The molecule has 0 aliphatic carbocycles. The van der Waals surface area contributed by atoms with Crippen molar-refractivity contribution in [2.75, 3.05) is 25.1 Å². The summed E-state index contributed by atoms with van der Waals surface area (Å²) in [5.41, 5.74) is 0.799. The molecular formula is C11H10ClF3N2OS. The largest absolute Gasteiger partial charge is 0.411 e. The van der Waals surface area contributed by atoms with Crippen LogP contribution in [0.25, 0.3) is 10.2 Å². The second-order valence-electron chi connectivity index (χ2n) is 3.73. The number of benzene rings is 1. The maximum absolute atomic E-state index is 11.8. The van der Waals surface area contributed by atoms with Gasteiger partial charge in [-0.1, -0.05) is 22.9 Å². The van der Waals surface area contributed by atoms with E-state index in [1.54, 1.807) is 18.2 Å². The third kappa shape index (κ3) is 4.52. The van der Waals surface area contributed by atoms with Crippen molar-refractivity contribution in [2.24, 2.45) is 0 Å². The molecule has 2 aromatic rings. The number of hydrogen-bond acceptors (Lipinski definition) is 4. The van der Waals surface area contributed by atoms with Gasteiger partial charge in [-0.3, -0.25) is 0 Å². The van der Waals surface area contributed by atoms with Crippen LogP contribution < -0.4 is 5.32 Å². The molecule has 104 valence electrons. The van der Waals surface area contributed by atoms with Crippen LogP contribution >= 0.6 is 22.9 Å². The van der Waals surface area contributed by atoms with Crippen molar-refractivity contribution in [1.29, 1.82) is 0 Å². The fraction of sp³-hybridized carbons (Fsp3) is 0.364. The number of nitrogens with zero attached hydrogens (tertiary/aromatic N) is 1. The van der Waals surface area contributed by atoms with Crippen LogP contribution in [0.5, 0.6) is 0 Å². The van der Waals surface area contributed by atoms with Gasteiger partial charge in [-0.15, -0.1) is 0 Å². The van der Waals surface area contributed by atoms with Gasteiger partial charge in [-0.2, -0.15) is 13.2 Å².